The van der Waals surface area contributed by atoms with Gasteiger partial charge in [-0.25, -0.2) is 22.8 Å². The van der Waals surface area contributed by atoms with Gasteiger partial charge in [0.05, 0.1) is 36.0 Å². The molecule has 0 saturated carbocycles. The van der Waals surface area contributed by atoms with Crippen LogP contribution < -0.4 is 0 Å². The molecule has 3 rings (SSSR count). The minimum absolute atomic E-state index is 0.0258. The number of nitriles is 1. The first-order valence-corrected chi connectivity index (χ1v) is 11.3. The first kappa shape index (κ1) is 26.9. The van der Waals surface area contributed by atoms with Gasteiger partial charge in [0.1, 0.15) is 34.4 Å². The summed E-state index contributed by atoms with van der Waals surface area (Å²) in [5.74, 6) is -4.39. The van der Waals surface area contributed by atoms with Crippen molar-refractivity contribution in [1.29, 1.82) is 5.26 Å². The van der Waals surface area contributed by atoms with Crippen LogP contribution in [0.5, 0.6) is 0 Å². The molecule has 3 aromatic rings. The number of pyridine rings is 1. The molecule has 0 aliphatic rings. The fourth-order valence-electron chi connectivity index (χ4n) is 2.86. The molecule has 14 heteroatoms. The maximum absolute atomic E-state index is 13.5. The summed E-state index contributed by atoms with van der Waals surface area (Å²) in [6, 6.07) is 4.80. The maximum Gasteiger partial charge on any atom is 0.194 e. The van der Waals surface area contributed by atoms with Crippen LogP contribution in [0.1, 0.15) is 12.5 Å². The van der Waals surface area contributed by atoms with Crippen LogP contribution in [-0.4, -0.2) is 65.7 Å². The molecule has 9 nitrogen and oxygen atoms in total. The van der Waals surface area contributed by atoms with Crippen molar-refractivity contribution in [1.82, 2.24) is 20.0 Å². The summed E-state index contributed by atoms with van der Waals surface area (Å²) in [5, 5.41) is 47.2. The zero-order chi connectivity index (χ0) is 25.7. The molecule has 0 aliphatic carbocycles. The topological polar surface area (TPSA) is 137 Å². The average molecular weight is 530 g/mol. The van der Waals surface area contributed by atoms with Crippen LogP contribution in [0.2, 0.25) is 5.02 Å². The molecule has 2 heterocycles. The van der Waals surface area contributed by atoms with E-state index < -0.39 is 47.8 Å². The van der Waals surface area contributed by atoms with Crippen molar-refractivity contribution in [3.63, 3.8) is 0 Å². The third kappa shape index (κ3) is 6.69. The Bertz CT molecular complexity index is 1200. The lowest BCUT2D eigenvalue weighted by Gasteiger charge is -2.28. The Hall–Kier alpha value is -2.73. The predicted molar refractivity (Wildman–Crippen MR) is 119 cm³/mol. The summed E-state index contributed by atoms with van der Waals surface area (Å²) in [4.78, 5) is 4.09. The van der Waals surface area contributed by atoms with Crippen LogP contribution >= 0.6 is 23.4 Å². The fraction of sp³-hybridized carbons (Fsp3) is 0.333. The fourth-order valence-corrected chi connectivity index (χ4v) is 4.10. The minimum atomic E-state index is -1.61. The quantitative estimate of drug-likeness (QED) is 0.205. The van der Waals surface area contributed by atoms with E-state index in [1.807, 2.05) is 6.07 Å². The number of aliphatic hydroxyl groups excluding tert-OH is 3. The first-order valence-electron chi connectivity index (χ1n) is 10.0. The number of benzene rings is 1. The van der Waals surface area contributed by atoms with Crippen LogP contribution in [0.3, 0.4) is 0 Å². The average Bonchev–Trinajstić information content (AvgIpc) is 3.28. The highest BCUT2D eigenvalue weighted by atomic mass is 35.5. The summed E-state index contributed by atoms with van der Waals surface area (Å²) in [5.41, 5.74) is -0.991. The van der Waals surface area contributed by atoms with Crippen molar-refractivity contribution in [2.45, 2.75) is 42.2 Å². The molecule has 2 unspecified atom stereocenters. The third-order valence-electron chi connectivity index (χ3n) is 4.72. The summed E-state index contributed by atoms with van der Waals surface area (Å²) in [6.07, 6.45) is -0.912. The van der Waals surface area contributed by atoms with Crippen molar-refractivity contribution in [3.8, 4) is 17.3 Å². The Morgan fingerprint density at radius 2 is 1.91 bits per heavy atom. The zero-order valence-corrected chi connectivity index (χ0v) is 19.6. The summed E-state index contributed by atoms with van der Waals surface area (Å²) in [7, 11) is 0. The van der Waals surface area contributed by atoms with Gasteiger partial charge in [0.2, 0.25) is 0 Å². The van der Waals surface area contributed by atoms with Gasteiger partial charge in [0.15, 0.2) is 17.5 Å². The van der Waals surface area contributed by atoms with Gasteiger partial charge in [-0.2, -0.15) is 5.26 Å². The molecule has 0 bridgehead atoms. The van der Waals surface area contributed by atoms with Crippen molar-refractivity contribution in [2.75, 3.05) is 6.61 Å². The van der Waals surface area contributed by atoms with E-state index in [1.165, 1.54) is 30.1 Å². The van der Waals surface area contributed by atoms with Gasteiger partial charge in [-0.15, -0.1) is 5.10 Å². The highest BCUT2D eigenvalue weighted by Gasteiger charge is 2.29. The van der Waals surface area contributed by atoms with Gasteiger partial charge in [-0.1, -0.05) is 28.6 Å². The number of nitrogens with zero attached hydrogens (tertiary/aromatic N) is 5. The van der Waals surface area contributed by atoms with Crippen LogP contribution in [0.4, 0.5) is 13.2 Å². The van der Waals surface area contributed by atoms with E-state index in [-0.39, 0.29) is 33.4 Å². The summed E-state index contributed by atoms with van der Waals surface area (Å²) >= 11 is 6.96. The van der Waals surface area contributed by atoms with Gasteiger partial charge in [-0.05, 0) is 25.1 Å². The number of halogens is 4. The second kappa shape index (κ2) is 11.8. The van der Waals surface area contributed by atoms with Crippen LogP contribution in [-0.2, 0) is 11.3 Å². The van der Waals surface area contributed by atoms with Crippen LogP contribution in [0.25, 0.3) is 11.3 Å². The number of hydrogen-bond donors (Lipinski definition) is 3. The normalized spacial score (nSPS) is 14.8. The smallest absolute Gasteiger partial charge is 0.194 e. The maximum atomic E-state index is 13.5. The van der Waals surface area contributed by atoms with Crippen molar-refractivity contribution in [3.05, 3.63) is 58.6 Å². The Morgan fingerprint density at radius 1 is 1.23 bits per heavy atom. The number of aliphatic hydroxyl groups is 3. The van der Waals surface area contributed by atoms with E-state index in [2.05, 4.69) is 15.3 Å². The Kier molecular flexibility index (Phi) is 9.06. The molecule has 0 fully saturated rings. The molecule has 2 aromatic heterocycles. The summed E-state index contributed by atoms with van der Waals surface area (Å²) < 4.78 is 47.2. The molecule has 0 amide bonds. The molecule has 1 aromatic carbocycles. The molecule has 186 valence electrons. The molecule has 35 heavy (non-hydrogen) atoms. The lowest BCUT2D eigenvalue weighted by Crippen LogP contribution is -2.39. The monoisotopic (exact) mass is 529 g/mol. The molecule has 4 atom stereocenters. The zero-order valence-electron chi connectivity index (χ0n) is 18.0. The van der Waals surface area contributed by atoms with E-state index in [0.29, 0.717) is 0 Å². The minimum Gasteiger partial charge on any atom is -0.394 e. The Labute approximate surface area is 206 Å². The van der Waals surface area contributed by atoms with Crippen LogP contribution in [0, 0.1) is 28.8 Å². The number of ether oxygens (including phenoxy) is 1. The van der Waals surface area contributed by atoms with Gasteiger partial charge in [0, 0.05) is 11.8 Å². The Morgan fingerprint density at radius 3 is 2.49 bits per heavy atom. The molecular formula is C21H19ClF3N5O4S. The van der Waals surface area contributed by atoms with E-state index in [9.17, 15) is 28.5 Å². The third-order valence-corrected chi connectivity index (χ3v) is 6.15. The van der Waals surface area contributed by atoms with Crippen LogP contribution in [0.15, 0.2) is 35.6 Å². The standard InChI is InChI=1S/C21H19ClF3N5O4S/c1-10(32)18(9-31)34-21(35-19-4-13(22)12(5-26)6-27-19)17(33)8-30-7-16(28-29-30)11-2-14(23)20(25)15(24)3-11/h2-4,6-7,10,17-18,21,31-33H,8-9H2,1H3/t10-,17+,18?,21?/m1/s1. The number of hydrogen-bond acceptors (Lipinski definition) is 9. The van der Waals surface area contributed by atoms with Gasteiger partial charge >= 0.3 is 0 Å². The molecular weight excluding hydrogens is 511 g/mol. The largest absolute Gasteiger partial charge is 0.394 e. The molecule has 0 radical (unpaired) electrons. The highest BCUT2D eigenvalue weighted by Crippen LogP contribution is 2.30. The van der Waals surface area contributed by atoms with E-state index >= 15 is 0 Å². The molecule has 3 N–H and O–H groups in total. The first-order chi connectivity index (χ1) is 16.6. The number of thioether (sulfide) groups is 1. The van der Waals surface area contributed by atoms with Gasteiger partial charge < -0.3 is 20.1 Å². The van der Waals surface area contributed by atoms with E-state index in [4.69, 9.17) is 21.6 Å². The second-order valence-electron chi connectivity index (χ2n) is 7.35. The molecule has 0 saturated heterocycles. The van der Waals surface area contributed by atoms with Gasteiger partial charge in [-0.3, -0.25) is 0 Å². The second-order valence-corrected chi connectivity index (χ2v) is 8.87. The van der Waals surface area contributed by atoms with Gasteiger partial charge in [0.25, 0.3) is 0 Å². The predicted octanol–water partition coefficient (Wildman–Crippen LogP) is 2.52. The van der Waals surface area contributed by atoms with E-state index in [1.54, 1.807) is 0 Å². The number of aromatic nitrogens is 4. The van der Waals surface area contributed by atoms with Crippen molar-refractivity contribution < 1.29 is 33.2 Å². The van der Waals surface area contributed by atoms with E-state index in [0.717, 1.165) is 23.9 Å². The Balaban J connectivity index is 1.81. The summed E-state index contributed by atoms with van der Waals surface area (Å²) in [6.45, 7) is 0.632. The highest BCUT2D eigenvalue weighted by molar-refractivity contribution is 7.99. The lowest BCUT2D eigenvalue weighted by atomic mass is 10.1. The number of rotatable bonds is 10. The lowest BCUT2D eigenvalue weighted by molar-refractivity contribution is -0.0972. The molecule has 0 spiro atoms. The SMILES string of the molecule is C[C@@H](O)C(CO)OC(Sc1cc(Cl)c(C#N)cn1)[C@@H](O)Cn1cc(-c2cc(F)c(F)c(F)c2)nn1. The van der Waals surface area contributed by atoms with Crippen molar-refractivity contribution >= 4 is 23.4 Å². The molecule has 0 aliphatic heterocycles. The van der Waals surface area contributed by atoms with Crippen molar-refractivity contribution in [2.24, 2.45) is 0 Å².